The maximum atomic E-state index is 12.3. The van der Waals surface area contributed by atoms with Gasteiger partial charge in [0.05, 0.1) is 19.4 Å². The highest BCUT2D eigenvalue weighted by atomic mass is 35.5. The van der Waals surface area contributed by atoms with Crippen LogP contribution < -0.4 is 24.8 Å². The predicted molar refractivity (Wildman–Crippen MR) is 124 cm³/mol. The maximum absolute atomic E-state index is 12.3. The van der Waals surface area contributed by atoms with E-state index in [0.717, 1.165) is 11.3 Å². The van der Waals surface area contributed by atoms with Gasteiger partial charge in [-0.15, -0.1) is 0 Å². The molecule has 6 nitrogen and oxygen atoms in total. The van der Waals surface area contributed by atoms with Crippen LogP contribution in [0.15, 0.2) is 66.7 Å². The van der Waals surface area contributed by atoms with Gasteiger partial charge in [0.1, 0.15) is 5.75 Å². The maximum Gasteiger partial charge on any atom is 0.262 e. The first-order valence-corrected chi connectivity index (χ1v) is 10.3. The van der Waals surface area contributed by atoms with Crippen molar-refractivity contribution < 1.29 is 19.0 Å². The number of carbonyl (C=O) groups is 1. The second kappa shape index (κ2) is 11.1. The SMILES string of the molecule is CCOc1cc(CNc2ccc(Cl)cc2)ccc1OCC(=O)Nc1ccccc1OC. The number of methoxy groups -OCH3 is 1. The van der Waals surface area contributed by atoms with E-state index in [2.05, 4.69) is 10.6 Å². The smallest absolute Gasteiger partial charge is 0.262 e. The lowest BCUT2D eigenvalue weighted by Crippen LogP contribution is -2.20. The second-order valence-corrected chi connectivity index (χ2v) is 7.05. The van der Waals surface area contributed by atoms with E-state index in [-0.39, 0.29) is 12.5 Å². The molecule has 0 saturated carbocycles. The first-order valence-electron chi connectivity index (χ1n) is 9.90. The molecule has 0 aliphatic carbocycles. The molecule has 3 aromatic carbocycles. The molecule has 0 unspecified atom stereocenters. The Kier molecular flexibility index (Phi) is 8.01. The molecule has 0 heterocycles. The van der Waals surface area contributed by atoms with Crippen LogP contribution in [-0.4, -0.2) is 26.2 Å². The van der Waals surface area contributed by atoms with Gasteiger partial charge in [-0.3, -0.25) is 4.79 Å². The lowest BCUT2D eigenvalue weighted by Gasteiger charge is -2.15. The Morgan fingerprint density at radius 3 is 2.45 bits per heavy atom. The minimum Gasteiger partial charge on any atom is -0.495 e. The van der Waals surface area contributed by atoms with Gasteiger partial charge in [-0.2, -0.15) is 0 Å². The van der Waals surface area contributed by atoms with Gasteiger partial charge in [-0.1, -0.05) is 29.8 Å². The fourth-order valence-corrected chi connectivity index (χ4v) is 3.03. The summed E-state index contributed by atoms with van der Waals surface area (Å²) in [6.45, 7) is 2.84. The van der Waals surface area contributed by atoms with Crippen molar-refractivity contribution in [3.8, 4) is 17.2 Å². The summed E-state index contributed by atoms with van der Waals surface area (Å²) in [6.07, 6.45) is 0. The molecule has 3 rings (SSSR count). The van der Waals surface area contributed by atoms with Crippen LogP contribution in [0.1, 0.15) is 12.5 Å². The average Bonchev–Trinajstić information content (AvgIpc) is 2.78. The number of hydrogen-bond acceptors (Lipinski definition) is 5. The lowest BCUT2D eigenvalue weighted by molar-refractivity contribution is -0.118. The first-order chi connectivity index (χ1) is 15.1. The Balaban J connectivity index is 1.61. The molecule has 0 radical (unpaired) electrons. The molecule has 0 aliphatic rings. The van der Waals surface area contributed by atoms with Crippen LogP contribution in [0.25, 0.3) is 0 Å². The molecular weight excluding hydrogens is 416 g/mol. The molecular formula is C24H25ClN2O4. The molecule has 162 valence electrons. The van der Waals surface area contributed by atoms with Crippen LogP contribution in [0.4, 0.5) is 11.4 Å². The van der Waals surface area contributed by atoms with Gasteiger partial charge in [0, 0.05) is 17.3 Å². The molecule has 0 aliphatic heterocycles. The summed E-state index contributed by atoms with van der Waals surface area (Å²) in [4.78, 5) is 12.3. The zero-order chi connectivity index (χ0) is 22.1. The minimum absolute atomic E-state index is 0.152. The second-order valence-electron chi connectivity index (χ2n) is 6.61. The van der Waals surface area contributed by atoms with Gasteiger partial charge in [-0.25, -0.2) is 0 Å². The summed E-state index contributed by atoms with van der Waals surface area (Å²) in [5.74, 6) is 1.39. The lowest BCUT2D eigenvalue weighted by atomic mass is 10.2. The van der Waals surface area contributed by atoms with Crippen molar-refractivity contribution in [3.05, 3.63) is 77.3 Å². The Morgan fingerprint density at radius 2 is 1.71 bits per heavy atom. The van der Waals surface area contributed by atoms with E-state index in [1.54, 1.807) is 25.3 Å². The summed E-state index contributed by atoms with van der Waals surface area (Å²) in [5, 5.41) is 6.82. The van der Waals surface area contributed by atoms with Gasteiger partial charge in [0.2, 0.25) is 0 Å². The van der Waals surface area contributed by atoms with E-state index in [4.69, 9.17) is 25.8 Å². The van der Waals surface area contributed by atoms with Gasteiger partial charge < -0.3 is 24.8 Å². The Labute approximate surface area is 187 Å². The number of anilines is 2. The standard InChI is InChI=1S/C24H25ClN2O4/c1-3-30-23-14-17(15-26-19-11-9-18(25)10-12-19)8-13-22(23)31-16-24(28)27-20-6-4-5-7-21(20)29-2/h4-14,26H,3,15-16H2,1-2H3,(H,27,28). The predicted octanol–water partition coefficient (Wildman–Crippen LogP) is 5.38. The molecule has 0 fully saturated rings. The first kappa shape index (κ1) is 22.3. The molecule has 0 aromatic heterocycles. The summed E-state index contributed by atoms with van der Waals surface area (Å²) >= 11 is 5.92. The monoisotopic (exact) mass is 440 g/mol. The van der Waals surface area contributed by atoms with E-state index in [1.807, 2.05) is 55.5 Å². The number of para-hydroxylation sites is 2. The number of ether oxygens (including phenoxy) is 3. The van der Waals surface area contributed by atoms with E-state index >= 15 is 0 Å². The van der Waals surface area contributed by atoms with Crippen molar-refractivity contribution >= 4 is 28.9 Å². The van der Waals surface area contributed by atoms with E-state index in [9.17, 15) is 4.79 Å². The number of amides is 1. The zero-order valence-corrected chi connectivity index (χ0v) is 18.2. The van der Waals surface area contributed by atoms with Crippen molar-refractivity contribution in [2.75, 3.05) is 31.0 Å². The van der Waals surface area contributed by atoms with Crippen LogP contribution >= 0.6 is 11.6 Å². The molecule has 3 aromatic rings. The van der Waals surface area contributed by atoms with E-state index in [0.29, 0.717) is 41.1 Å². The summed E-state index contributed by atoms with van der Waals surface area (Å²) < 4.78 is 16.7. The van der Waals surface area contributed by atoms with Crippen LogP contribution in [0, 0.1) is 0 Å². The number of rotatable bonds is 10. The minimum atomic E-state index is -0.291. The molecule has 2 N–H and O–H groups in total. The number of nitrogens with one attached hydrogen (secondary N) is 2. The zero-order valence-electron chi connectivity index (χ0n) is 17.5. The summed E-state index contributed by atoms with van der Waals surface area (Å²) in [5.41, 5.74) is 2.58. The molecule has 31 heavy (non-hydrogen) atoms. The van der Waals surface area contributed by atoms with Crippen molar-refractivity contribution in [2.45, 2.75) is 13.5 Å². The number of carbonyl (C=O) groups excluding carboxylic acids is 1. The molecule has 7 heteroatoms. The largest absolute Gasteiger partial charge is 0.495 e. The van der Waals surface area contributed by atoms with E-state index in [1.165, 1.54) is 0 Å². The third kappa shape index (κ3) is 6.55. The summed E-state index contributed by atoms with van der Waals surface area (Å²) in [6, 6.07) is 20.4. The normalized spacial score (nSPS) is 10.3. The van der Waals surface area contributed by atoms with E-state index < -0.39 is 0 Å². The van der Waals surface area contributed by atoms with Crippen molar-refractivity contribution in [1.82, 2.24) is 0 Å². The highest BCUT2D eigenvalue weighted by Gasteiger charge is 2.11. The number of hydrogen-bond donors (Lipinski definition) is 2. The van der Waals surface area contributed by atoms with Crippen LogP contribution in [0.2, 0.25) is 5.02 Å². The molecule has 0 atom stereocenters. The van der Waals surface area contributed by atoms with Gasteiger partial charge >= 0.3 is 0 Å². The Morgan fingerprint density at radius 1 is 0.935 bits per heavy atom. The third-order valence-electron chi connectivity index (χ3n) is 4.39. The fraction of sp³-hybridized carbons (Fsp3) is 0.208. The quantitative estimate of drug-likeness (QED) is 0.443. The van der Waals surface area contributed by atoms with Crippen molar-refractivity contribution in [2.24, 2.45) is 0 Å². The number of benzene rings is 3. The topological polar surface area (TPSA) is 68.8 Å². The molecule has 0 spiro atoms. The van der Waals surface area contributed by atoms with Crippen LogP contribution in [0.3, 0.4) is 0 Å². The number of halogens is 1. The fourth-order valence-electron chi connectivity index (χ4n) is 2.90. The Hall–Kier alpha value is -3.38. The summed E-state index contributed by atoms with van der Waals surface area (Å²) in [7, 11) is 1.55. The van der Waals surface area contributed by atoms with Gasteiger partial charge in [0.15, 0.2) is 18.1 Å². The third-order valence-corrected chi connectivity index (χ3v) is 4.64. The van der Waals surface area contributed by atoms with Gasteiger partial charge in [0.25, 0.3) is 5.91 Å². The molecule has 0 saturated heterocycles. The highest BCUT2D eigenvalue weighted by molar-refractivity contribution is 6.30. The van der Waals surface area contributed by atoms with Crippen molar-refractivity contribution in [3.63, 3.8) is 0 Å². The molecule has 0 bridgehead atoms. The Bertz CT molecular complexity index is 1010. The van der Waals surface area contributed by atoms with Gasteiger partial charge in [-0.05, 0) is 61.0 Å². The highest BCUT2D eigenvalue weighted by Crippen LogP contribution is 2.29. The van der Waals surface area contributed by atoms with Crippen LogP contribution in [-0.2, 0) is 11.3 Å². The van der Waals surface area contributed by atoms with Crippen LogP contribution in [0.5, 0.6) is 17.2 Å². The average molecular weight is 441 g/mol. The van der Waals surface area contributed by atoms with Crippen molar-refractivity contribution in [1.29, 1.82) is 0 Å². The molecule has 1 amide bonds.